The predicted molar refractivity (Wildman–Crippen MR) is 68.4 cm³/mol. The molecular weight excluding hydrogens is 269 g/mol. The average Bonchev–Trinajstić information content (AvgIpc) is 2.71. The molecule has 3 atom stereocenters. The Morgan fingerprint density at radius 3 is 2.89 bits per heavy atom. The number of carbonyl (C=O) groups is 2. The number of amides is 3. The first kappa shape index (κ1) is 13.1. The van der Waals surface area contributed by atoms with Crippen molar-refractivity contribution in [3.63, 3.8) is 0 Å². The standard InChI is InChI=1S/C11H18N3O4P/c15-10(13-5-1-2-6-17-13)9-4-3-8-7-12(9)11(16)14(8)18-19/h8-9H,1-7,19H2/t8-,9-/m0/s1. The van der Waals surface area contributed by atoms with Crippen LogP contribution < -0.4 is 0 Å². The maximum absolute atomic E-state index is 12.4. The van der Waals surface area contributed by atoms with Gasteiger partial charge in [0.15, 0.2) is 0 Å². The van der Waals surface area contributed by atoms with E-state index in [0.717, 1.165) is 19.3 Å². The molecule has 106 valence electrons. The molecule has 0 radical (unpaired) electrons. The molecular formula is C11H18N3O4P. The number of fused-ring (bicyclic) bond motifs is 2. The van der Waals surface area contributed by atoms with Crippen LogP contribution in [0.4, 0.5) is 4.79 Å². The highest BCUT2D eigenvalue weighted by atomic mass is 31.0. The minimum absolute atomic E-state index is 0.0522. The van der Waals surface area contributed by atoms with Gasteiger partial charge in [-0.2, -0.15) is 5.06 Å². The van der Waals surface area contributed by atoms with E-state index in [1.54, 1.807) is 4.90 Å². The molecule has 3 amide bonds. The maximum Gasteiger partial charge on any atom is 0.345 e. The van der Waals surface area contributed by atoms with Gasteiger partial charge >= 0.3 is 6.03 Å². The Morgan fingerprint density at radius 1 is 1.37 bits per heavy atom. The molecule has 2 bridgehead atoms. The summed E-state index contributed by atoms with van der Waals surface area (Å²) >= 11 is 0. The summed E-state index contributed by atoms with van der Waals surface area (Å²) in [6.07, 6.45) is 3.38. The van der Waals surface area contributed by atoms with Crippen molar-refractivity contribution in [1.82, 2.24) is 15.0 Å². The van der Waals surface area contributed by atoms with Gasteiger partial charge in [-0.3, -0.25) is 14.3 Å². The van der Waals surface area contributed by atoms with Crippen molar-refractivity contribution in [2.45, 2.75) is 37.8 Å². The molecule has 3 aliphatic heterocycles. The zero-order valence-electron chi connectivity index (χ0n) is 10.7. The highest BCUT2D eigenvalue weighted by Gasteiger charge is 2.48. The first-order chi connectivity index (χ1) is 9.22. The van der Waals surface area contributed by atoms with Gasteiger partial charge in [-0.15, -0.1) is 0 Å². The highest BCUT2D eigenvalue weighted by molar-refractivity contribution is 7.09. The molecule has 0 N–H and O–H groups in total. The van der Waals surface area contributed by atoms with Gasteiger partial charge in [0.05, 0.1) is 12.6 Å². The van der Waals surface area contributed by atoms with Gasteiger partial charge in [0.25, 0.3) is 5.91 Å². The van der Waals surface area contributed by atoms with Gasteiger partial charge in [-0.05, 0) is 25.7 Å². The molecule has 0 spiro atoms. The lowest BCUT2D eigenvalue weighted by atomic mass is 10.00. The number of rotatable bonds is 2. The van der Waals surface area contributed by atoms with E-state index < -0.39 is 6.04 Å². The molecule has 0 aromatic heterocycles. The van der Waals surface area contributed by atoms with Crippen molar-refractivity contribution < 1.29 is 19.1 Å². The lowest BCUT2D eigenvalue weighted by Gasteiger charge is -2.34. The van der Waals surface area contributed by atoms with Crippen molar-refractivity contribution in [2.75, 3.05) is 19.7 Å². The maximum atomic E-state index is 12.4. The molecule has 3 rings (SSSR count). The van der Waals surface area contributed by atoms with Crippen LogP contribution in [0.15, 0.2) is 0 Å². The normalized spacial score (nSPS) is 31.0. The lowest BCUT2D eigenvalue weighted by Crippen LogP contribution is -2.52. The minimum atomic E-state index is -0.410. The Labute approximate surface area is 114 Å². The zero-order valence-corrected chi connectivity index (χ0v) is 11.8. The van der Waals surface area contributed by atoms with E-state index in [-0.39, 0.29) is 18.0 Å². The van der Waals surface area contributed by atoms with Crippen molar-refractivity contribution in [3.05, 3.63) is 0 Å². The Balaban J connectivity index is 1.72. The lowest BCUT2D eigenvalue weighted by molar-refractivity contribution is -0.201. The van der Waals surface area contributed by atoms with Gasteiger partial charge in [0, 0.05) is 22.6 Å². The summed E-state index contributed by atoms with van der Waals surface area (Å²) in [6, 6.07) is -0.587. The van der Waals surface area contributed by atoms with Crippen molar-refractivity contribution in [2.24, 2.45) is 0 Å². The summed E-state index contributed by atoms with van der Waals surface area (Å²) in [5.41, 5.74) is 0. The van der Waals surface area contributed by atoms with Crippen molar-refractivity contribution in [1.29, 1.82) is 0 Å². The average molecular weight is 287 g/mol. The van der Waals surface area contributed by atoms with E-state index >= 15 is 0 Å². The number of hydroxylamine groups is 4. The molecule has 0 aromatic rings. The Kier molecular flexibility index (Phi) is 3.60. The fourth-order valence-corrected chi connectivity index (χ4v) is 3.22. The molecule has 0 aliphatic carbocycles. The van der Waals surface area contributed by atoms with Crippen LogP contribution in [-0.2, 0) is 14.3 Å². The van der Waals surface area contributed by atoms with Crippen LogP contribution in [0.2, 0.25) is 0 Å². The molecule has 8 heteroatoms. The SMILES string of the molecule is O=C([C@@H]1CC[C@H]2CN1C(=O)N2OP)N1CCCCO1. The van der Waals surface area contributed by atoms with Crippen LogP contribution in [0.25, 0.3) is 0 Å². The minimum Gasteiger partial charge on any atom is -0.309 e. The molecule has 7 nitrogen and oxygen atoms in total. The van der Waals surface area contributed by atoms with Crippen LogP contribution in [0.3, 0.4) is 0 Å². The van der Waals surface area contributed by atoms with Crippen LogP contribution in [-0.4, -0.2) is 58.7 Å². The van der Waals surface area contributed by atoms with Gasteiger partial charge < -0.3 is 4.90 Å². The molecule has 0 saturated carbocycles. The molecule has 3 aliphatic rings. The summed E-state index contributed by atoms with van der Waals surface area (Å²) < 4.78 is 5.01. The largest absolute Gasteiger partial charge is 0.345 e. The molecule has 3 saturated heterocycles. The molecule has 3 heterocycles. The van der Waals surface area contributed by atoms with Crippen molar-refractivity contribution >= 4 is 21.4 Å². The number of piperidine rings is 1. The van der Waals surface area contributed by atoms with Crippen LogP contribution in [0.1, 0.15) is 25.7 Å². The number of hydrogen-bond acceptors (Lipinski definition) is 4. The number of urea groups is 1. The van der Waals surface area contributed by atoms with E-state index in [9.17, 15) is 9.59 Å². The topological polar surface area (TPSA) is 62.3 Å². The van der Waals surface area contributed by atoms with E-state index in [0.29, 0.717) is 26.1 Å². The molecule has 0 aromatic carbocycles. The third kappa shape index (κ3) is 2.20. The fraction of sp³-hybridized carbons (Fsp3) is 0.818. The second kappa shape index (κ2) is 5.23. The van der Waals surface area contributed by atoms with Crippen LogP contribution in [0, 0.1) is 0 Å². The Morgan fingerprint density at radius 2 is 2.21 bits per heavy atom. The summed E-state index contributed by atoms with van der Waals surface area (Å²) in [5.74, 6) is -0.0999. The molecule has 3 fully saturated rings. The van der Waals surface area contributed by atoms with Gasteiger partial charge in [-0.25, -0.2) is 9.86 Å². The van der Waals surface area contributed by atoms with E-state index in [1.165, 1.54) is 10.1 Å². The predicted octanol–water partition coefficient (Wildman–Crippen LogP) is 0.531. The van der Waals surface area contributed by atoms with Gasteiger partial charge in [0.2, 0.25) is 0 Å². The summed E-state index contributed by atoms with van der Waals surface area (Å²) in [7, 11) is 2.09. The first-order valence-corrected chi connectivity index (χ1v) is 7.10. The Hall–Kier alpha value is -0.910. The number of carbonyl (C=O) groups excluding carboxylic acids is 2. The monoisotopic (exact) mass is 287 g/mol. The van der Waals surface area contributed by atoms with Crippen LogP contribution in [0.5, 0.6) is 0 Å². The van der Waals surface area contributed by atoms with Gasteiger partial charge in [-0.1, -0.05) is 0 Å². The van der Waals surface area contributed by atoms with E-state index in [4.69, 9.17) is 9.46 Å². The second-order valence-electron chi connectivity index (χ2n) is 5.09. The van der Waals surface area contributed by atoms with Gasteiger partial charge in [0.1, 0.15) is 6.04 Å². The summed E-state index contributed by atoms with van der Waals surface area (Å²) in [4.78, 5) is 31.5. The fourth-order valence-electron chi connectivity index (χ4n) is 2.96. The van der Waals surface area contributed by atoms with Crippen LogP contribution >= 0.6 is 9.47 Å². The molecule has 1 unspecified atom stereocenters. The third-order valence-corrected chi connectivity index (χ3v) is 4.20. The highest BCUT2D eigenvalue weighted by Crippen LogP contribution is 2.31. The molecule has 19 heavy (non-hydrogen) atoms. The summed E-state index contributed by atoms with van der Waals surface area (Å²) in [6.45, 7) is 1.75. The number of nitrogens with zero attached hydrogens (tertiary/aromatic N) is 3. The zero-order chi connectivity index (χ0) is 13.4. The van der Waals surface area contributed by atoms with E-state index in [1.807, 2.05) is 0 Å². The summed E-state index contributed by atoms with van der Waals surface area (Å²) in [5, 5.41) is 2.76. The Bertz CT molecular complexity index is 388. The van der Waals surface area contributed by atoms with Crippen molar-refractivity contribution in [3.8, 4) is 0 Å². The third-order valence-electron chi connectivity index (χ3n) is 3.97. The first-order valence-electron chi connectivity index (χ1n) is 6.63. The van der Waals surface area contributed by atoms with E-state index in [2.05, 4.69) is 9.47 Å². The smallest absolute Gasteiger partial charge is 0.309 e. The quantitative estimate of drug-likeness (QED) is 0.695. The number of hydrogen-bond donors (Lipinski definition) is 0. The second-order valence-corrected chi connectivity index (χ2v) is 5.30.